The molecule has 4 heteroatoms. The van der Waals surface area contributed by atoms with Crippen LogP contribution in [0.2, 0.25) is 0 Å². The van der Waals surface area contributed by atoms with E-state index in [0.29, 0.717) is 23.2 Å². The molecule has 0 N–H and O–H groups in total. The smallest absolute Gasteiger partial charge is 0.187 e. The second kappa shape index (κ2) is 12.0. The second-order valence-corrected chi connectivity index (χ2v) is 10.4. The highest BCUT2D eigenvalue weighted by Crippen LogP contribution is 2.34. The average Bonchev–Trinajstić information content (AvgIpc) is 3.12. The summed E-state index contributed by atoms with van der Waals surface area (Å²) in [5, 5.41) is 0. The van der Waals surface area contributed by atoms with Gasteiger partial charge in [-0.25, -0.2) is 19.8 Å². The first-order valence-corrected chi connectivity index (χ1v) is 14.4. The SMILES string of the molecule is [C-]#[N+]c1cccc(-c2nc(-c3ccccc3)nc(-c3cc(-c4ccccc4)cc(-c4ccc(-c5ccccc5)cc4)c3)n2)c1. The van der Waals surface area contributed by atoms with E-state index in [2.05, 4.69) is 95.8 Å². The van der Waals surface area contributed by atoms with Gasteiger partial charge in [0.2, 0.25) is 0 Å². The van der Waals surface area contributed by atoms with Gasteiger partial charge in [0, 0.05) is 16.7 Å². The summed E-state index contributed by atoms with van der Waals surface area (Å²) in [6.07, 6.45) is 0. The largest absolute Gasteiger partial charge is 0.238 e. The maximum absolute atomic E-state index is 7.50. The highest BCUT2D eigenvalue weighted by atomic mass is 15.0. The van der Waals surface area contributed by atoms with Crippen LogP contribution in [0.15, 0.2) is 158 Å². The van der Waals surface area contributed by atoms with Gasteiger partial charge in [-0.15, -0.1) is 0 Å². The molecule has 0 aliphatic carbocycles. The standard InChI is InChI=1S/C40H26N4/c1-41-37-19-11-18-33(27-37)39-42-38(32-16-9-4-10-17-32)43-40(44-39)36-25-34(29-14-7-3-8-15-29)24-35(26-36)31-22-20-30(21-23-31)28-12-5-2-6-13-28/h2-27H. The number of benzene rings is 6. The molecule has 1 aromatic heterocycles. The quantitative estimate of drug-likeness (QED) is 0.189. The molecule has 0 radical (unpaired) electrons. The lowest BCUT2D eigenvalue weighted by molar-refractivity contribution is 1.07. The molecule has 6 aromatic carbocycles. The molecule has 0 atom stereocenters. The van der Waals surface area contributed by atoms with E-state index < -0.39 is 0 Å². The van der Waals surface area contributed by atoms with Crippen molar-refractivity contribution in [3.05, 3.63) is 169 Å². The predicted octanol–water partition coefficient (Wildman–Crippen LogP) is 10.4. The van der Waals surface area contributed by atoms with Crippen LogP contribution >= 0.6 is 0 Å². The van der Waals surface area contributed by atoms with Crippen molar-refractivity contribution in [3.8, 4) is 67.5 Å². The zero-order valence-electron chi connectivity index (χ0n) is 23.8. The third kappa shape index (κ3) is 5.63. The van der Waals surface area contributed by atoms with Gasteiger partial charge in [-0.2, -0.15) is 0 Å². The minimum absolute atomic E-state index is 0.526. The summed E-state index contributed by atoms with van der Waals surface area (Å²) in [7, 11) is 0. The molecule has 206 valence electrons. The van der Waals surface area contributed by atoms with Crippen LogP contribution in [0.5, 0.6) is 0 Å². The van der Waals surface area contributed by atoms with Crippen LogP contribution in [0.25, 0.3) is 72.4 Å². The van der Waals surface area contributed by atoms with Crippen LogP contribution in [0.3, 0.4) is 0 Å². The summed E-state index contributed by atoms with van der Waals surface area (Å²) in [5.41, 5.74) is 9.81. The molecule has 1 heterocycles. The molecular formula is C40H26N4. The summed E-state index contributed by atoms with van der Waals surface area (Å²) in [6, 6.07) is 53.3. The lowest BCUT2D eigenvalue weighted by Crippen LogP contribution is -2.00. The summed E-state index contributed by atoms with van der Waals surface area (Å²) in [4.78, 5) is 18.4. The van der Waals surface area contributed by atoms with E-state index in [1.165, 1.54) is 11.1 Å². The fourth-order valence-electron chi connectivity index (χ4n) is 5.27. The Labute approximate surface area is 256 Å². The van der Waals surface area contributed by atoms with Gasteiger partial charge in [-0.1, -0.05) is 133 Å². The zero-order chi connectivity index (χ0) is 29.7. The van der Waals surface area contributed by atoms with E-state index in [1.807, 2.05) is 60.7 Å². The van der Waals surface area contributed by atoms with Gasteiger partial charge in [0.25, 0.3) is 0 Å². The average molecular weight is 563 g/mol. The van der Waals surface area contributed by atoms with Crippen molar-refractivity contribution < 1.29 is 0 Å². The third-order valence-corrected chi connectivity index (χ3v) is 7.52. The number of aromatic nitrogens is 3. The topological polar surface area (TPSA) is 43.0 Å². The second-order valence-electron chi connectivity index (χ2n) is 10.4. The molecule has 0 amide bonds. The van der Waals surface area contributed by atoms with Gasteiger partial charge in [-0.3, -0.25) is 0 Å². The van der Waals surface area contributed by atoms with Crippen LogP contribution < -0.4 is 0 Å². The van der Waals surface area contributed by atoms with E-state index in [0.717, 1.165) is 38.9 Å². The van der Waals surface area contributed by atoms with Crippen molar-refractivity contribution in [3.63, 3.8) is 0 Å². The molecule has 0 saturated heterocycles. The van der Waals surface area contributed by atoms with Gasteiger partial charge in [0.1, 0.15) is 0 Å². The van der Waals surface area contributed by atoms with Crippen molar-refractivity contribution >= 4 is 5.69 Å². The Morgan fingerprint density at radius 3 is 1.25 bits per heavy atom. The molecular weight excluding hydrogens is 536 g/mol. The maximum Gasteiger partial charge on any atom is 0.187 e. The highest BCUT2D eigenvalue weighted by molar-refractivity contribution is 5.81. The summed E-state index contributed by atoms with van der Waals surface area (Å²) in [6.45, 7) is 7.50. The van der Waals surface area contributed by atoms with E-state index in [4.69, 9.17) is 21.5 Å². The van der Waals surface area contributed by atoms with Crippen LogP contribution in [0, 0.1) is 6.57 Å². The van der Waals surface area contributed by atoms with Crippen LogP contribution in [0.1, 0.15) is 0 Å². The minimum Gasteiger partial charge on any atom is -0.238 e. The molecule has 0 unspecified atom stereocenters. The van der Waals surface area contributed by atoms with Gasteiger partial charge in [0.15, 0.2) is 23.2 Å². The number of hydrogen-bond donors (Lipinski definition) is 0. The Morgan fingerprint density at radius 2 is 0.705 bits per heavy atom. The zero-order valence-corrected chi connectivity index (χ0v) is 23.8. The lowest BCUT2D eigenvalue weighted by Gasteiger charge is -2.13. The Hall–Kier alpha value is -6.18. The first-order chi connectivity index (χ1) is 21.7. The van der Waals surface area contributed by atoms with E-state index in [1.54, 1.807) is 6.07 Å². The van der Waals surface area contributed by atoms with Crippen LogP contribution in [0.4, 0.5) is 5.69 Å². The fraction of sp³-hybridized carbons (Fsp3) is 0. The highest BCUT2D eigenvalue weighted by Gasteiger charge is 2.15. The molecule has 7 rings (SSSR count). The van der Waals surface area contributed by atoms with Gasteiger partial charge < -0.3 is 0 Å². The Bertz CT molecular complexity index is 2100. The van der Waals surface area contributed by atoms with Crippen molar-refractivity contribution in [2.75, 3.05) is 0 Å². The molecule has 0 saturated carbocycles. The summed E-state index contributed by atoms with van der Waals surface area (Å²) in [5.74, 6) is 1.68. The normalized spacial score (nSPS) is 10.7. The first kappa shape index (κ1) is 26.7. The number of nitrogens with zero attached hydrogens (tertiary/aromatic N) is 4. The molecule has 0 fully saturated rings. The van der Waals surface area contributed by atoms with E-state index in [-0.39, 0.29) is 0 Å². The Balaban J connectivity index is 1.40. The van der Waals surface area contributed by atoms with E-state index >= 15 is 0 Å². The van der Waals surface area contributed by atoms with Crippen LogP contribution in [-0.4, -0.2) is 15.0 Å². The van der Waals surface area contributed by atoms with Crippen molar-refractivity contribution in [1.29, 1.82) is 0 Å². The minimum atomic E-state index is 0.526. The van der Waals surface area contributed by atoms with Crippen molar-refractivity contribution in [2.24, 2.45) is 0 Å². The molecule has 7 aromatic rings. The molecule has 44 heavy (non-hydrogen) atoms. The van der Waals surface area contributed by atoms with Gasteiger partial charge in [-0.05, 0) is 57.6 Å². The number of rotatable bonds is 6. The summed E-state index contributed by atoms with van der Waals surface area (Å²) < 4.78 is 0. The van der Waals surface area contributed by atoms with Gasteiger partial charge in [0.05, 0.1) is 6.57 Å². The Kier molecular flexibility index (Phi) is 7.26. The Morgan fingerprint density at radius 1 is 0.318 bits per heavy atom. The monoisotopic (exact) mass is 562 g/mol. The molecule has 4 nitrogen and oxygen atoms in total. The maximum atomic E-state index is 7.50. The first-order valence-electron chi connectivity index (χ1n) is 14.4. The van der Waals surface area contributed by atoms with Crippen LogP contribution in [-0.2, 0) is 0 Å². The molecule has 0 spiro atoms. The molecule has 0 aliphatic heterocycles. The fourth-order valence-corrected chi connectivity index (χ4v) is 5.27. The molecule has 0 aliphatic rings. The lowest BCUT2D eigenvalue weighted by atomic mass is 9.94. The van der Waals surface area contributed by atoms with Gasteiger partial charge >= 0.3 is 0 Å². The summed E-state index contributed by atoms with van der Waals surface area (Å²) >= 11 is 0. The van der Waals surface area contributed by atoms with Crippen molar-refractivity contribution in [2.45, 2.75) is 0 Å². The predicted molar refractivity (Wildman–Crippen MR) is 179 cm³/mol. The van der Waals surface area contributed by atoms with E-state index in [9.17, 15) is 0 Å². The molecule has 0 bridgehead atoms. The van der Waals surface area contributed by atoms with Crippen molar-refractivity contribution in [1.82, 2.24) is 15.0 Å². The third-order valence-electron chi connectivity index (χ3n) is 7.52. The number of hydrogen-bond acceptors (Lipinski definition) is 3.